The minimum atomic E-state index is 0.645. The summed E-state index contributed by atoms with van der Waals surface area (Å²) < 4.78 is 5.18. The topological polar surface area (TPSA) is 9.23 Å². The van der Waals surface area contributed by atoms with Gasteiger partial charge in [-0.05, 0) is 36.0 Å². The summed E-state index contributed by atoms with van der Waals surface area (Å²) in [7, 11) is 1.75. The molecular formula is C13H20O. The summed E-state index contributed by atoms with van der Waals surface area (Å²) in [5.41, 5.74) is 4.05. The number of hydrogen-bond acceptors (Lipinski definition) is 1. The van der Waals surface area contributed by atoms with E-state index in [0.717, 1.165) is 6.61 Å². The summed E-state index contributed by atoms with van der Waals surface area (Å²) in [6, 6.07) is 6.69. The van der Waals surface area contributed by atoms with Crippen LogP contribution in [-0.4, -0.2) is 7.11 Å². The van der Waals surface area contributed by atoms with Crippen molar-refractivity contribution in [3.05, 3.63) is 34.9 Å². The van der Waals surface area contributed by atoms with E-state index in [9.17, 15) is 0 Å². The molecule has 0 aromatic heterocycles. The van der Waals surface area contributed by atoms with Crippen molar-refractivity contribution in [3.8, 4) is 0 Å². The lowest BCUT2D eigenvalue weighted by Gasteiger charge is -2.12. The number of hydrogen-bond donors (Lipinski definition) is 0. The van der Waals surface area contributed by atoms with E-state index in [1.165, 1.54) is 23.1 Å². The zero-order chi connectivity index (χ0) is 10.6. The first-order valence-electron chi connectivity index (χ1n) is 5.27. The van der Waals surface area contributed by atoms with Crippen molar-refractivity contribution >= 4 is 0 Å². The first kappa shape index (κ1) is 11.3. The van der Waals surface area contributed by atoms with Crippen molar-refractivity contribution in [1.82, 2.24) is 0 Å². The van der Waals surface area contributed by atoms with Gasteiger partial charge in [-0.25, -0.2) is 0 Å². The van der Waals surface area contributed by atoms with Crippen molar-refractivity contribution in [3.63, 3.8) is 0 Å². The number of aryl methyl sites for hydroxylation is 1. The highest BCUT2D eigenvalue weighted by Crippen LogP contribution is 2.21. The zero-order valence-electron chi connectivity index (χ0n) is 9.63. The molecule has 0 saturated heterocycles. The van der Waals surface area contributed by atoms with E-state index >= 15 is 0 Å². The molecule has 0 aliphatic rings. The van der Waals surface area contributed by atoms with Crippen molar-refractivity contribution in [2.45, 2.75) is 39.7 Å². The van der Waals surface area contributed by atoms with Crippen LogP contribution in [0.5, 0.6) is 0 Å². The van der Waals surface area contributed by atoms with E-state index in [1.54, 1.807) is 7.11 Å². The van der Waals surface area contributed by atoms with Crippen LogP contribution in [0.4, 0.5) is 0 Å². The predicted octanol–water partition coefficient (Wildman–Crippen LogP) is 3.65. The molecule has 1 nitrogen and oxygen atoms in total. The van der Waals surface area contributed by atoms with E-state index < -0.39 is 0 Å². The molecule has 1 aromatic carbocycles. The van der Waals surface area contributed by atoms with Crippen molar-refractivity contribution in [2.24, 2.45) is 0 Å². The average molecular weight is 192 g/mol. The molecule has 1 atom stereocenters. The third-order valence-corrected chi connectivity index (χ3v) is 2.85. The van der Waals surface area contributed by atoms with Gasteiger partial charge in [0.1, 0.15) is 0 Å². The molecule has 0 heterocycles. The van der Waals surface area contributed by atoms with Crippen LogP contribution in [0.1, 0.15) is 42.9 Å². The third kappa shape index (κ3) is 2.58. The molecule has 0 aliphatic heterocycles. The quantitative estimate of drug-likeness (QED) is 0.707. The minimum Gasteiger partial charge on any atom is -0.380 e. The fourth-order valence-corrected chi connectivity index (χ4v) is 1.54. The van der Waals surface area contributed by atoms with Crippen molar-refractivity contribution in [1.29, 1.82) is 0 Å². The van der Waals surface area contributed by atoms with Gasteiger partial charge in [0.2, 0.25) is 0 Å². The van der Waals surface area contributed by atoms with Gasteiger partial charge >= 0.3 is 0 Å². The van der Waals surface area contributed by atoms with Crippen LogP contribution in [0.15, 0.2) is 18.2 Å². The molecular weight excluding hydrogens is 172 g/mol. The first-order chi connectivity index (χ1) is 6.69. The minimum absolute atomic E-state index is 0.645. The second-order valence-corrected chi connectivity index (χ2v) is 3.93. The lowest BCUT2D eigenvalue weighted by Crippen LogP contribution is -1.97. The van der Waals surface area contributed by atoms with Gasteiger partial charge in [0.15, 0.2) is 0 Å². The molecule has 0 amide bonds. The van der Waals surface area contributed by atoms with Gasteiger partial charge < -0.3 is 4.74 Å². The van der Waals surface area contributed by atoms with Crippen LogP contribution in [0.3, 0.4) is 0 Å². The Morgan fingerprint density at radius 1 is 1.36 bits per heavy atom. The van der Waals surface area contributed by atoms with Crippen molar-refractivity contribution < 1.29 is 4.74 Å². The summed E-state index contributed by atoms with van der Waals surface area (Å²) >= 11 is 0. The Balaban J connectivity index is 2.93. The van der Waals surface area contributed by atoms with Crippen LogP contribution in [0, 0.1) is 6.92 Å². The molecule has 0 aliphatic carbocycles. The van der Waals surface area contributed by atoms with Crippen LogP contribution >= 0.6 is 0 Å². The molecule has 0 fully saturated rings. The molecule has 0 bridgehead atoms. The third-order valence-electron chi connectivity index (χ3n) is 2.85. The highest BCUT2D eigenvalue weighted by atomic mass is 16.5. The van der Waals surface area contributed by atoms with E-state index in [2.05, 4.69) is 39.0 Å². The Hall–Kier alpha value is -0.820. The Labute approximate surface area is 87.1 Å². The van der Waals surface area contributed by atoms with Gasteiger partial charge in [-0.3, -0.25) is 0 Å². The number of rotatable bonds is 4. The fraction of sp³-hybridized carbons (Fsp3) is 0.538. The average Bonchev–Trinajstić information content (AvgIpc) is 2.20. The summed E-state index contributed by atoms with van der Waals surface area (Å²) in [5.74, 6) is 0.645. The second kappa shape index (κ2) is 5.16. The standard InChI is InChI=1S/C13H20O/c1-5-10(2)12-7-6-11(3)13(8-12)9-14-4/h6-8,10H,5,9H2,1-4H3. The van der Waals surface area contributed by atoms with Gasteiger partial charge in [-0.2, -0.15) is 0 Å². The molecule has 0 radical (unpaired) electrons. The maximum Gasteiger partial charge on any atom is 0.0715 e. The van der Waals surface area contributed by atoms with Gasteiger partial charge in [0, 0.05) is 7.11 Å². The molecule has 1 aromatic rings. The Morgan fingerprint density at radius 2 is 2.07 bits per heavy atom. The van der Waals surface area contributed by atoms with Gasteiger partial charge in [0.05, 0.1) is 6.61 Å². The van der Waals surface area contributed by atoms with E-state index in [4.69, 9.17) is 4.74 Å². The largest absolute Gasteiger partial charge is 0.380 e. The SMILES string of the molecule is CCC(C)c1ccc(C)c(COC)c1. The summed E-state index contributed by atoms with van der Waals surface area (Å²) in [4.78, 5) is 0. The van der Waals surface area contributed by atoms with Crippen LogP contribution in [0.2, 0.25) is 0 Å². The lowest BCUT2D eigenvalue weighted by atomic mass is 9.95. The highest BCUT2D eigenvalue weighted by Gasteiger charge is 2.05. The van der Waals surface area contributed by atoms with Gasteiger partial charge in [-0.15, -0.1) is 0 Å². The molecule has 1 heteroatoms. The molecule has 14 heavy (non-hydrogen) atoms. The smallest absolute Gasteiger partial charge is 0.0715 e. The van der Waals surface area contributed by atoms with Crippen LogP contribution in [-0.2, 0) is 11.3 Å². The highest BCUT2D eigenvalue weighted by molar-refractivity contribution is 5.32. The van der Waals surface area contributed by atoms with Crippen LogP contribution < -0.4 is 0 Å². The zero-order valence-corrected chi connectivity index (χ0v) is 9.63. The van der Waals surface area contributed by atoms with E-state index in [-0.39, 0.29) is 0 Å². The maximum absolute atomic E-state index is 5.18. The van der Waals surface area contributed by atoms with E-state index in [1.807, 2.05) is 0 Å². The molecule has 1 rings (SSSR count). The maximum atomic E-state index is 5.18. The summed E-state index contributed by atoms with van der Waals surface area (Å²) in [5, 5.41) is 0. The van der Waals surface area contributed by atoms with Crippen LogP contribution in [0.25, 0.3) is 0 Å². The van der Waals surface area contributed by atoms with Crippen molar-refractivity contribution in [2.75, 3.05) is 7.11 Å². The van der Waals surface area contributed by atoms with E-state index in [0.29, 0.717) is 5.92 Å². The summed E-state index contributed by atoms with van der Waals surface area (Å²) in [6.45, 7) is 7.34. The number of benzene rings is 1. The Kier molecular flexibility index (Phi) is 4.15. The number of methoxy groups -OCH3 is 1. The Bertz CT molecular complexity index is 291. The second-order valence-electron chi connectivity index (χ2n) is 3.93. The molecule has 0 N–H and O–H groups in total. The molecule has 78 valence electrons. The fourth-order valence-electron chi connectivity index (χ4n) is 1.54. The molecule has 1 unspecified atom stereocenters. The first-order valence-corrected chi connectivity index (χ1v) is 5.27. The Morgan fingerprint density at radius 3 is 2.64 bits per heavy atom. The monoisotopic (exact) mass is 192 g/mol. The molecule has 0 spiro atoms. The lowest BCUT2D eigenvalue weighted by molar-refractivity contribution is 0.184. The summed E-state index contributed by atoms with van der Waals surface area (Å²) in [6.07, 6.45) is 1.19. The predicted molar refractivity (Wildman–Crippen MR) is 60.6 cm³/mol. The number of ether oxygens (including phenoxy) is 1. The molecule has 0 saturated carbocycles. The van der Waals surface area contributed by atoms with Gasteiger partial charge in [0.25, 0.3) is 0 Å². The van der Waals surface area contributed by atoms with Gasteiger partial charge in [-0.1, -0.05) is 32.0 Å². The normalized spacial score (nSPS) is 12.9.